The first-order valence-electron chi connectivity index (χ1n) is 8.38. The molecular formula is C21H18ClN3S. The van der Waals surface area contributed by atoms with Gasteiger partial charge in [0, 0.05) is 16.1 Å². The van der Waals surface area contributed by atoms with Gasteiger partial charge in [0.1, 0.15) is 10.6 Å². The largest absolute Gasteiger partial charge is 0.340 e. The van der Waals surface area contributed by atoms with Crippen molar-refractivity contribution in [3.63, 3.8) is 0 Å². The van der Waals surface area contributed by atoms with Gasteiger partial charge in [0.25, 0.3) is 0 Å². The van der Waals surface area contributed by atoms with E-state index in [1.165, 1.54) is 16.0 Å². The highest BCUT2D eigenvalue weighted by molar-refractivity contribution is 7.19. The summed E-state index contributed by atoms with van der Waals surface area (Å²) in [5, 5.41) is 4.73. The van der Waals surface area contributed by atoms with E-state index in [1.54, 1.807) is 11.3 Å². The maximum absolute atomic E-state index is 6.20. The van der Waals surface area contributed by atoms with Crippen LogP contribution in [0.3, 0.4) is 0 Å². The molecule has 4 aromatic rings. The fourth-order valence-corrected chi connectivity index (χ4v) is 4.58. The summed E-state index contributed by atoms with van der Waals surface area (Å²) in [6, 6.07) is 16.7. The Labute approximate surface area is 161 Å². The van der Waals surface area contributed by atoms with E-state index in [9.17, 15) is 0 Å². The third-order valence-electron chi connectivity index (χ3n) is 4.25. The average molecular weight is 380 g/mol. The van der Waals surface area contributed by atoms with Crippen LogP contribution in [0.2, 0.25) is 5.28 Å². The van der Waals surface area contributed by atoms with Gasteiger partial charge in [-0.3, -0.25) is 0 Å². The van der Waals surface area contributed by atoms with Crippen LogP contribution in [0.5, 0.6) is 0 Å². The Morgan fingerprint density at radius 2 is 1.62 bits per heavy atom. The van der Waals surface area contributed by atoms with Crippen LogP contribution >= 0.6 is 22.9 Å². The van der Waals surface area contributed by atoms with Crippen molar-refractivity contribution >= 4 is 44.7 Å². The lowest BCUT2D eigenvalue weighted by atomic mass is 10.0. The summed E-state index contributed by atoms with van der Waals surface area (Å²) in [4.78, 5) is 11.1. The molecule has 0 aliphatic carbocycles. The Morgan fingerprint density at radius 1 is 0.923 bits per heavy atom. The van der Waals surface area contributed by atoms with E-state index in [4.69, 9.17) is 11.6 Å². The van der Waals surface area contributed by atoms with Crippen molar-refractivity contribution in [2.75, 3.05) is 5.32 Å². The molecule has 0 saturated carbocycles. The fourth-order valence-electron chi connectivity index (χ4n) is 3.31. The molecule has 5 heteroatoms. The first-order valence-corrected chi connectivity index (χ1v) is 9.58. The Bertz CT molecular complexity index is 1080. The number of hydrogen-bond acceptors (Lipinski definition) is 4. The Kier molecular flexibility index (Phi) is 4.39. The van der Waals surface area contributed by atoms with Gasteiger partial charge in [-0.15, -0.1) is 11.3 Å². The highest BCUT2D eigenvalue weighted by Gasteiger charge is 2.18. The maximum atomic E-state index is 6.20. The molecule has 0 aliphatic heterocycles. The molecule has 0 amide bonds. The van der Waals surface area contributed by atoms with Crippen molar-refractivity contribution < 1.29 is 0 Å². The quantitative estimate of drug-likeness (QED) is 0.403. The number of benzene rings is 2. The number of anilines is 2. The molecule has 0 unspecified atom stereocenters. The second-order valence-corrected chi connectivity index (χ2v) is 7.96. The van der Waals surface area contributed by atoms with Crippen LogP contribution in [-0.2, 0) is 0 Å². The van der Waals surface area contributed by atoms with Crippen LogP contribution in [0.4, 0.5) is 11.5 Å². The SMILES string of the molecule is Cc1cc(C)cc(Nc2nc(Cl)nc3sc(C)c(-c4ccccc4)c23)c1. The smallest absolute Gasteiger partial charge is 0.225 e. The molecule has 1 N–H and O–H groups in total. The highest BCUT2D eigenvalue weighted by atomic mass is 35.5. The van der Waals surface area contributed by atoms with Crippen LogP contribution in [0.25, 0.3) is 21.3 Å². The topological polar surface area (TPSA) is 37.8 Å². The highest BCUT2D eigenvalue weighted by Crippen LogP contribution is 2.41. The summed E-state index contributed by atoms with van der Waals surface area (Å²) in [5.41, 5.74) is 5.73. The first kappa shape index (κ1) is 17.0. The number of aryl methyl sites for hydroxylation is 3. The minimum Gasteiger partial charge on any atom is -0.340 e. The molecule has 3 nitrogen and oxygen atoms in total. The van der Waals surface area contributed by atoms with Crippen LogP contribution < -0.4 is 5.32 Å². The molecule has 0 spiro atoms. The first-order chi connectivity index (χ1) is 12.5. The van der Waals surface area contributed by atoms with E-state index < -0.39 is 0 Å². The van der Waals surface area contributed by atoms with Crippen LogP contribution in [0, 0.1) is 20.8 Å². The van der Waals surface area contributed by atoms with Crippen LogP contribution in [0.1, 0.15) is 16.0 Å². The third-order valence-corrected chi connectivity index (χ3v) is 5.42. The maximum Gasteiger partial charge on any atom is 0.225 e. The lowest BCUT2D eigenvalue weighted by Gasteiger charge is -2.11. The zero-order valence-corrected chi connectivity index (χ0v) is 16.4. The monoisotopic (exact) mass is 379 g/mol. The van der Waals surface area contributed by atoms with Crippen molar-refractivity contribution in [3.8, 4) is 11.1 Å². The lowest BCUT2D eigenvalue weighted by Crippen LogP contribution is -1.97. The summed E-state index contributed by atoms with van der Waals surface area (Å²) in [6.07, 6.45) is 0. The number of thiophene rings is 1. The molecule has 0 radical (unpaired) electrons. The molecule has 2 aromatic heterocycles. The Morgan fingerprint density at radius 3 is 2.31 bits per heavy atom. The van der Waals surface area contributed by atoms with Gasteiger partial charge < -0.3 is 5.32 Å². The minimum atomic E-state index is 0.255. The van der Waals surface area contributed by atoms with E-state index in [0.29, 0.717) is 0 Å². The van der Waals surface area contributed by atoms with Crippen molar-refractivity contribution in [1.82, 2.24) is 9.97 Å². The molecule has 130 valence electrons. The molecule has 2 aromatic carbocycles. The molecule has 0 fully saturated rings. The number of nitrogens with one attached hydrogen (secondary N) is 1. The summed E-state index contributed by atoms with van der Waals surface area (Å²) in [6.45, 7) is 6.29. The lowest BCUT2D eigenvalue weighted by molar-refractivity contribution is 1.23. The molecular weight excluding hydrogens is 362 g/mol. The van der Waals surface area contributed by atoms with Crippen LogP contribution in [-0.4, -0.2) is 9.97 Å². The number of fused-ring (bicyclic) bond motifs is 1. The van der Waals surface area contributed by atoms with E-state index in [0.717, 1.165) is 32.8 Å². The van der Waals surface area contributed by atoms with Crippen molar-refractivity contribution in [2.45, 2.75) is 20.8 Å². The van der Waals surface area contributed by atoms with Gasteiger partial charge >= 0.3 is 0 Å². The summed E-state index contributed by atoms with van der Waals surface area (Å²) < 4.78 is 0. The fraction of sp³-hybridized carbons (Fsp3) is 0.143. The summed E-state index contributed by atoms with van der Waals surface area (Å²) in [7, 11) is 0. The van der Waals surface area contributed by atoms with Gasteiger partial charge in [-0.2, -0.15) is 4.98 Å². The normalized spacial score (nSPS) is 11.1. The third kappa shape index (κ3) is 3.18. The molecule has 0 bridgehead atoms. The van der Waals surface area contributed by atoms with E-state index in [2.05, 4.69) is 66.4 Å². The van der Waals surface area contributed by atoms with Gasteiger partial charge in [0.2, 0.25) is 5.28 Å². The predicted octanol–water partition coefficient (Wildman–Crippen LogP) is 6.68. The number of hydrogen-bond donors (Lipinski definition) is 1. The Balaban J connectivity index is 1.94. The van der Waals surface area contributed by atoms with Crippen LogP contribution in [0.15, 0.2) is 48.5 Å². The van der Waals surface area contributed by atoms with E-state index in [1.807, 2.05) is 18.2 Å². The minimum absolute atomic E-state index is 0.255. The number of aromatic nitrogens is 2. The number of nitrogens with zero attached hydrogens (tertiary/aromatic N) is 2. The van der Waals surface area contributed by atoms with Gasteiger partial charge in [0.05, 0.1) is 5.39 Å². The molecule has 0 atom stereocenters. The molecule has 0 aliphatic rings. The second-order valence-electron chi connectivity index (χ2n) is 6.42. The van der Waals surface area contributed by atoms with Crippen molar-refractivity contribution in [3.05, 3.63) is 69.8 Å². The van der Waals surface area contributed by atoms with Gasteiger partial charge in [0.15, 0.2) is 0 Å². The van der Waals surface area contributed by atoms with Gasteiger partial charge in [-0.1, -0.05) is 36.4 Å². The predicted molar refractivity (Wildman–Crippen MR) is 112 cm³/mol. The average Bonchev–Trinajstić information content (AvgIpc) is 2.90. The molecule has 26 heavy (non-hydrogen) atoms. The Hall–Kier alpha value is -2.43. The van der Waals surface area contributed by atoms with Crippen molar-refractivity contribution in [1.29, 1.82) is 0 Å². The van der Waals surface area contributed by atoms with Crippen molar-refractivity contribution in [2.24, 2.45) is 0 Å². The summed E-state index contributed by atoms with van der Waals surface area (Å²) >= 11 is 7.85. The number of rotatable bonds is 3. The zero-order chi connectivity index (χ0) is 18.3. The molecule has 4 rings (SSSR count). The molecule has 2 heterocycles. The zero-order valence-electron chi connectivity index (χ0n) is 14.8. The second kappa shape index (κ2) is 6.71. The van der Waals surface area contributed by atoms with Gasteiger partial charge in [-0.05, 0) is 61.2 Å². The van der Waals surface area contributed by atoms with E-state index in [-0.39, 0.29) is 5.28 Å². The van der Waals surface area contributed by atoms with Gasteiger partial charge in [-0.25, -0.2) is 4.98 Å². The molecule has 0 saturated heterocycles. The summed E-state index contributed by atoms with van der Waals surface area (Å²) in [5.74, 6) is 0.744. The standard InChI is InChI=1S/C21H18ClN3S/c1-12-9-13(2)11-16(10-12)23-19-18-17(15-7-5-4-6-8-15)14(3)26-20(18)25-21(22)24-19/h4-11H,1-3H3,(H,23,24,25). The van der Waals surface area contributed by atoms with E-state index >= 15 is 0 Å². The number of halogens is 1.